The van der Waals surface area contributed by atoms with Crippen LogP contribution in [-0.4, -0.2) is 5.91 Å². The Morgan fingerprint density at radius 1 is 1.38 bits per heavy atom. The van der Waals surface area contributed by atoms with Crippen LogP contribution >= 0.6 is 0 Å². The first kappa shape index (κ1) is 9.46. The lowest BCUT2D eigenvalue weighted by atomic mass is 9.87. The number of primary amides is 1. The average molecular weight is 215 g/mol. The predicted molar refractivity (Wildman–Crippen MR) is 61.1 cm³/mol. The van der Waals surface area contributed by atoms with E-state index in [4.69, 9.17) is 10.2 Å². The molecule has 1 aromatic heterocycles. The summed E-state index contributed by atoms with van der Waals surface area (Å²) in [7, 11) is 0. The van der Waals surface area contributed by atoms with Crippen molar-refractivity contribution in [2.45, 2.75) is 25.2 Å². The molecule has 0 saturated carbocycles. The second kappa shape index (κ2) is 3.37. The number of rotatable bonds is 1. The van der Waals surface area contributed by atoms with Crippen molar-refractivity contribution in [3.05, 3.63) is 35.6 Å². The molecule has 1 aliphatic carbocycles. The zero-order chi connectivity index (χ0) is 11.1. The van der Waals surface area contributed by atoms with Gasteiger partial charge in [-0.05, 0) is 25.3 Å². The van der Waals surface area contributed by atoms with Crippen LogP contribution in [0.4, 0.5) is 0 Å². The molecule has 3 heteroatoms. The molecule has 2 aromatic rings. The molecule has 16 heavy (non-hydrogen) atoms. The SMILES string of the molecule is NC(=O)C1CCCc2c1oc1ccccc21. The topological polar surface area (TPSA) is 56.2 Å². The molecular formula is C13H13NO2. The third kappa shape index (κ3) is 1.24. The van der Waals surface area contributed by atoms with E-state index < -0.39 is 0 Å². The Labute approximate surface area is 93.2 Å². The molecule has 1 heterocycles. The molecular weight excluding hydrogens is 202 g/mol. The number of hydrogen-bond acceptors (Lipinski definition) is 2. The van der Waals surface area contributed by atoms with Crippen LogP contribution in [0.5, 0.6) is 0 Å². The summed E-state index contributed by atoms with van der Waals surface area (Å²) in [4.78, 5) is 11.4. The monoisotopic (exact) mass is 215 g/mol. The summed E-state index contributed by atoms with van der Waals surface area (Å²) >= 11 is 0. The number of furan rings is 1. The highest BCUT2D eigenvalue weighted by Gasteiger charge is 2.29. The van der Waals surface area contributed by atoms with Gasteiger partial charge < -0.3 is 10.2 Å². The summed E-state index contributed by atoms with van der Waals surface area (Å²) in [5.41, 5.74) is 7.44. The second-order valence-electron chi connectivity index (χ2n) is 4.29. The van der Waals surface area contributed by atoms with Crippen molar-refractivity contribution in [2.24, 2.45) is 5.73 Å². The highest BCUT2D eigenvalue weighted by molar-refractivity contribution is 5.87. The minimum atomic E-state index is -0.278. The molecule has 3 rings (SSSR count). The summed E-state index contributed by atoms with van der Waals surface area (Å²) in [5.74, 6) is 0.274. The van der Waals surface area contributed by atoms with E-state index in [1.54, 1.807) is 0 Å². The number of para-hydroxylation sites is 1. The summed E-state index contributed by atoms with van der Waals surface area (Å²) in [6, 6.07) is 7.91. The summed E-state index contributed by atoms with van der Waals surface area (Å²) in [5, 5.41) is 1.13. The van der Waals surface area contributed by atoms with Crippen LogP contribution < -0.4 is 5.73 Å². The van der Waals surface area contributed by atoms with Gasteiger partial charge in [0.1, 0.15) is 11.3 Å². The molecule has 0 fully saturated rings. The van der Waals surface area contributed by atoms with Crippen LogP contribution in [0.1, 0.15) is 30.1 Å². The summed E-state index contributed by atoms with van der Waals surface area (Å²) in [6.45, 7) is 0. The molecule has 1 amide bonds. The van der Waals surface area contributed by atoms with Crippen LogP contribution in [0.15, 0.2) is 28.7 Å². The quantitative estimate of drug-likeness (QED) is 0.793. The first-order chi connectivity index (χ1) is 7.77. The van der Waals surface area contributed by atoms with Gasteiger partial charge in [0.2, 0.25) is 5.91 Å². The lowest BCUT2D eigenvalue weighted by Crippen LogP contribution is -2.24. The molecule has 3 nitrogen and oxygen atoms in total. The van der Waals surface area contributed by atoms with E-state index in [1.165, 1.54) is 5.56 Å². The number of carbonyl (C=O) groups is 1. The number of fused-ring (bicyclic) bond motifs is 3. The minimum Gasteiger partial charge on any atom is -0.460 e. The maximum atomic E-state index is 11.4. The molecule has 0 saturated heterocycles. The molecule has 1 aliphatic rings. The van der Waals surface area contributed by atoms with Crippen molar-refractivity contribution in [1.82, 2.24) is 0 Å². The van der Waals surface area contributed by atoms with Gasteiger partial charge in [-0.25, -0.2) is 0 Å². The molecule has 0 radical (unpaired) electrons. The van der Waals surface area contributed by atoms with Gasteiger partial charge in [-0.2, -0.15) is 0 Å². The predicted octanol–water partition coefficient (Wildman–Crippen LogP) is 2.34. The van der Waals surface area contributed by atoms with E-state index in [1.807, 2.05) is 24.3 Å². The lowest BCUT2D eigenvalue weighted by molar-refractivity contribution is -0.120. The fraction of sp³-hybridized carbons (Fsp3) is 0.308. The Morgan fingerprint density at radius 3 is 3.00 bits per heavy atom. The van der Waals surface area contributed by atoms with Crippen LogP contribution in [0.2, 0.25) is 0 Å². The van der Waals surface area contributed by atoms with Crippen LogP contribution in [-0.2, 0) is 11.2 Å². The van der Waals surface area contributed by atoms with Gasteiger partial charge in [0, 0.05) is 10.9 Å². The first-order valence-electron chi connectivity index (χ1n) is 5.57. The molecule has 1 atom stereocenters. The van der Waals surface area contributed by atoms with Gasteiger partial charge in [-0.3, -0.25) is 4.79 Å². The van der Waals surface area contributed by atoms with Crippen LogP contribution in [0.25, 0.3) is 11.0 Å². The Balaban J connectivity index is 2.25. The normalized spacial score (nSPS) is 19.6. The molecule has 0 spiro atoms. The van der Waals surface area contributed by atoms with E-state index in [9.17, 15) is 4.79 Å². The minimum absolute atomic E-state index is 0.240. The number of hydrogen-bond donors (Lipinski definition) is 1. The van der Waals surface area contributed by atoms with E-state index in [-0.39, 0.29) is 11.8 Å². The Bertz CT molecular complexity index is 556. The smallest absolute Gasteiger partial charge is 0.228 e. The Hall–Kier alpha value is -1.77. The van der Waals surface area contributed by atoms with E-state index >= 15 is 0 Å². The maximum Gasteiger partial charge on any atom is 0.228 e. The Morgan fingerprint density at radius 2 is 2.19 bits per heavy atom. The van der Waals surface area contributed by atoms with Crippen molar-refractivity contribution in [2.75, 3.05) is 0 Å². The molecule has 0 aliphatic heterocycles. The fourth-order valence-electron chi connectivity index (χ4n) is 2.54. The van der Waals surface area contributed by atoms with Crippen molar-refractivity contribution in [3.63, 3.8) is 0 Å². The van der Waals surface area contributed by atoms with E-state index in [0.717, 1.165) is 36.0 Å². The van der Waals surface area contributed by atoms with Gasteiger partial charge in [-0.15, -0.1) is 0 Å². The van der Waals surface area contributed by atoms with Gasteiger partial charge in [0.05, 0.1) is 5.92 Å². The van der Waals surface area contributed by atoms with Gasteiger partial charge >= 0.3 is 0 Å². The molecule has 2 N–H and O–H groups in total. The molecule has 1 aromatic carbocycles. The van der Waals surface area contributed by atoms with E-state index in [0.29, 0.717) is 0 Å². The van der Waals surface area contributed by atoms with E-state index in [2.05, 4.69) is 0 Å². The average Bonchev–Trinajstić information content (AvgIpc) is 2.67. The molecule has 0 bridgehead atoms. The van der Waals surface area contributed by atoms with Crippen molar-refractivity contribution < 1.29 is 9.21 Å². The highest BCUT2D eigenvalue weighted by atomic mass is 16.3. The number of nitrogens with two attached hydrogens (primary N) is 1. The summed E-state index contributed by atoms with van der Waals surface area (Å²) in [6.07, 6.45) is 2.79. The second-order valence-corrected chi connectivity index (χ2v) is 4.29. The third-order valence-corrected chi connectivity index (χ3v) is 3.31. The van der Waals surface area contributed by atoms with Gasteiger partial charge in [0.15, 0.2) is 0 Å². The maximum absolute atomic E-state index is 11.4. The number of carbonyl (C=O) groups excluding carboxylic acids is 1. The number of amides is 1. The standard InChI is InChI=1S/C13H13NO2/c14-13(15)10-6-3-5-9-8-4-1-2-7-11(8)16-12(9)10/h1-2,4,7,10H,3,5-6H2,(H2,14,15). The lowest BCUT2D eigenvalue weighted by Gasteiger charge is -2.17. The zero-order valence-corrected chi connectivity index (χ0v) is 8.90. The van der Waals surface area contributed by atoms with Gasteiger partial charge in [-0.1, -0.05) is 18.2 Å². The molecule has 1 unspecified atom stereocenters. The number of benzene rings is 1. The highest BCUT2D eigenvalue weighted by Crippen LogP contribution is 2.37. The zero-order valence-electron chi connectivity index (χ0n) is 8.90. The largest absolute Gasteiger partial charge is 0.460 e. The van der Waals surface area contributed by atoms with Gasteiger partial charge in [0.25, 0.3) is 0 Å². The number of aryl methyl sites for hydroxylation is 1. The fourth-order valence-corrected chi connectivity index (χ4v) is 2.54. The first-order valence-corrected chi connectivity index (χ1v) is 5.57. The van der Waals surface area contributed by atoms with Crippen LogP contribution in [0.3, 0.4) is 0 Å². The molecule has 82 valence electrons. The summed E-state index contributed by atoms with van der Waals surface area (Å²) < 4.78 is 5.76. The third-order valence-electron chi connectivity index (χ3n) is 3.31. The van der Waals surface area contributed by atoms with Crippen molar-refractivity contribution in [1.29, 1.82) is 0 Å². The van der Waals surface area contributed by atoms with Crippen molar-refractivity contribution in [3.8, 4) is 0 Å². The Kier molecular flexibility index (Phi) is 1.99. The van der Waals surface area contributed by atoms with Crippen LogP contribution in [0, 0.1) is 0 Å². The van der Waals surface area contributed by atoms with Crippen molar-refractivity contribution >= 4 is 16.9 Å².